The third kappa shape index (κ3) is 3.31. The monoisotopic (exact) mass is 311 g/mol. The van der Waals surface area contributed by atoms with Crippen molar-refractivity contribution in [3.63, 3.8) is 0 Å². The Hall–Kier alpha value is -2.49. The second kappa shape index (κ2) is 6.73. The molecule has 1 heterocycles. The Morgan fingerprint density at radius 3 is 2.61 bits per heavy atom. The Balaban J connectivity index is 1.79. The second-order valence-corrected chi connectivity index (χ2v) is 5.65. The standard InChI is InChI=1S/C19H21NO3/c1-3-16(15-7-5-4-6-13(15)2)20-19(21)14-8-9-17-18(12-14)23-11-10-22-17/h4-9,12,16H,3,10-11H2,1-2H3,(H,20,21). The molecular formula is C19H21NO3. The van der Waals surface area contributed by atoms with Crippen LogP contribution in [0.1, 0.15) is 40.9 Å². The number of fused-ring (bicyclic) bond motifs is 1. The number of benzene rings is 2. The summed E-state index contributed by atoms with van der Waals surface area (Å²) in [4.78, 5) is 12.6. The van der Waals surface area contributed by atoms with Crippen LogP contribution in [0.5, 0.6) is 11.5 Å². The number of ether oxygens (including phenoxy) is 2. The fourth-order valence-electron chi connectivity index (χ4n) is 2.80. The highest BCUT2D eigenvalue weighted by molar-refractivity contribution is 5.95. The highest BCUT2D eigenvalue weighted by Crippen LogP contribution is 2.31. The van der Waals surface area contributed by atoms with Gasteiger partial charge in [-0.15, -0.1) is 0 Å². The van der Waals surface area contributed by atoms with Crippen LogP contribution in [-0.2, 0) is 0 Å². The molecule has 1 amide bonds. The first-order valence-corrected chi connectivity index (χ1v) is 7.95. The van der Waals surface area contributed by atoms with E-state index in [2.05, 4.69) is 31.3 Å². The maximum atomic E-state index is 12.6. The van der Waals surface area contributed by atoms with Crippen molar-refractivity contribution in [1.82, 2.24) is 5.32 Å². The molecule has 120 valence electrons. The Labute approximate surface area is 136 Å². The van der Waals surface area contributed by atoms with E-state index in [1.54, 1.807) is 18.2 Å². The molecular weight excluding hydrogens is 290 g/mol. The van der Waals surface area contributed by atoms with Crippen LogP contribution in [0.4, 0.5) is 0 Å². The van der Waals surface area contributed by atoms with Crippen molar-refractivity contribution < 1.29 is 14.3 Å². The summed E-state index contributed by atoms with van der Waals surface area (Å²) in [6.45, 7) is 5.19. The average Bonchev–Trinajstić information content (AvgIpc) is 2.59. The number of rotatable bonds is 4. The number of aryl methyl sites for hydroxylation is 1. The van der Waals surface area contributed by atoms with Gasteiger partial charge in [-0.1, -0.05) is 31.2 Å². The van der Waals surface area contributed by atoms with E-state index in [1.165, 1.54) is 5.56 Å². The molecule has 0 aromatic heterocycles. The van der Waals surface area contributed by atoms with E-state index in [1.807, 2.05) is 12.1 Å². The SMILES string of the molecule is CCC(NC(=O)c1ccc2c(c1)OCCO2)c1ccccc1C. The lowest BCUT2D eigenvalue weighted by Gasteiger charge is -2.21. The number of hydrogen-bond acceptors (Lipinski definition) is 3. The molecule has 0 saturated carbocycles. The van der Waals surface area contributed by atoms with Crippen molar-refractivity contribution in [3.8, 4) is 11.5 Å². The quantitative estimate of drug-likeness (QED) is 0.937. The van der Waals surface area contributed by atoms with Crippen molar-refractivity contribution in [2.24, 2.45) is 0 Å². The van der Waals surface area contributed by atoms with Crippen LogP contribution in [-0.4, -0.2) is 19.1 Å². The molecule has 0 spiro atoms. The largest absolute Gasteiger partial charge is 0.486 e. The summed E-state index contributed by atoms with van der Waals surface area (Å²) in [5.74, 6) is 1.23. The van der Waals surface area contributed by atoms with Gasteiger partial charge in [0.1, 0.15) is 13.2 Å². The van der Waals surface area contributed by atoms with Crippen LogP contribution in [0, 0.1) is 6.92 Å². The summed E-state index contributed by atoms with van der Waals surface area (Å²) in [6, 6.07) is 13.4. The normalized spacial score (nSPS) is 14.2. The van der Waals surface area contributed by atoms with Crippen molar-refractivity contribution in [1.29, 1.82) is 0 Å². The number of carbonyl (C=O) groups is 1. The molecule has 1 aliphatic heterocycles. The molecule has 23 heavy (non-hydrogen) atoms. The minimum atomic E-state index is -0.0999. The van der Waals surface area contributed by atoms with Crippen LogP contribution in [0.3, 0.4) is 0 Å². The summed E-state index contributed by atoms with van der Waals surface area (Å²) in [5.41, 5.74) is 2.92. The number of carbonyl (C=O) groups excluding carboxylic acids is 1. The molecule has 0 aliphatic carbocycles. The molecule has 2 aromatic rings. The van der Waals surface area contributed by atoms with Gasteiger partial charge >= 0.3 is 0 Å². The fourth-order valence-corrected chi connectivity index (χ4v) is 2.80. The predicted octanol–water partition coefficient (Wildman–Crippen LogP) is 3.65. The minimum Gasteiger partial charge on any atom is -0.486 e. The molecule has 1 N–H and O–H groups in total. The molecule has 0 saturated heterocycles. The van der Waals surface area contributed by atoms with Crippen LogP contribution in [0.15, 0.2) is 42.5 Å². The summed E-state index contributed by atoms with van der Waals surface area (Å²) in [5, 5.41) is 3.11. The highest BCUT2D eigenvalue weighted by Gasteiger charge is 2.18. The maximum absolute atomic E-state index is 12.6. The average molecular weight is 311 g/mol. The van der Waals surface area contributed by atoms with E-state index in [0.29, 0.717) is 30.3 Å². The summed E-state index contributed by atoms with van der Waals surface area (Å²) in [6.07, 6.45) is 0.834. The van der Waals surface area contributed by atoms with E-state index in [0.717, 1.165) is 12.0 Å². The molecule has 0 fully saturated rings. The van der Waals surface area contributed by atoms with Crippen molar-refractivity contribution in [2.75, 3.05) is 13.2 Å². The molecule has 0 bridgehead atoms. The van der Waals surface area contributed by atoms with Crippen LogP contribution >= 0.6 is 0 Å². The van der Waals surface area contributed by atoms with Crippen LogP contribution in [0.25, 0.3) is 0 Å². The first-order valence-electron chi connectivity index (χ1n) is 7.95. The molecule has 1 aliphatic rings. The Morgan fingerprint density at radius 1 is 1.13 bits per heavy atom. The number of nitrogens with one attached hydrogen (secondary N) is 1. The van der Waals surface area contributed by atoms with Gasteiger partial charge in [0.2, 0.25) is 0 Å². The minimum absolute atomic E-state index is 0.00287. The molecule has 4 nitrogen and oxygen atoms in total. The van der Waals surface area contributed by atoms with E-state index < -0.39 is 0 Å². The zero-order valence-corrected chi connectivity index (χ0v) is 13.5. The van der Waals surface area contributed by atoms with Gasteiger partial charge in [0.15, 0.2) is 11.5 Å². The van der Waals surface area contributed by atoms with E-state index in [4.69, 9.17) is 9.47 Å². The molecule has 4 heteroatoms. The Bertz CT molecular complexity index is 712. The van der Waals surface area contributed by atoms with E-state index in [9.17, 15) is 4.79 Å². The fraction of sp³-hybridized carbons (Fsp3) is 0.316. The van der Waals surface area contributed by atoms with Crippen LogP contribution in [0.2, 0.25) is 0 Å². The van der Waals surface area contributed by atoms with Gasteiger partial charge < -0.3 is 14.8 Å². The van der Waals surface area contributed by atoms with Gasteiger partial charge in [0.25, 0.3) is 5.91 Å². The smallest absolute Gasteiger partial charge is 0.251 e. The second-order valence-electron chi connectivity index (χ2n) is 5.65. The highest BCUT2D eigenvalue weighted by atomic mass is 16.6. The van der Waals surface area contributed by atoms with Gasteiger partial charge in [-0.3, -0.25) is 4.79 Å². The van der Waals surface area contributed by atoms with Crippen molar-refractivity contribution in [2.45, 2.75) is 26.3 Å². The summed E-state index contributed by atoms with van der Waals surface area (Å²) < 4.78 is 11.0. The lowest BCUT2D eigenvalue weighted by molar-refractivity contribution is 0.0934. The zero-order valence-electron chi connectivity index (χ0n) is 13.5. The third-order valence-electron chi connectivity index (χ3n) is 4.08. The lowest BCUT2D eigenvalue weighted by Crippen LogP contribution is -2.28. The van der Waals surface area contributed by atoms with Crippen molar-refractivity contribution >= 4 is 5.91 Å². The molecule has 0 radical (unpaired) electrons. The van der Waals surface area contributed by atoms with Crippen LogP contribution < -0.4 is 14.8 Å². The Morgan fingerprint density at radius 2 is 1.87 bits per heavy atom. The van der Waals surface area contributed by atoms with Gasteiger partial charge in [-0.25, -0.2) is 0 Å². The number of hydrogen-bond donors (Lipinski definition) is 1. The molecule has 2 aromatic carbocycles. The first-order chi connectivity index (χ1) is 11.2. The van der Waals surface area contributed by atoms with E-state index in [-0.39, 0.29) is 11.9 Å². The van der Waals surface area contributed by atoms with Gasteiger partial charge in [0, 0.05) is 5.56 Å². The topological polar surface area (TPSA) is 47.6 Å². The third-order valence-corrected chi connectivity index (χ3v) is 4.08. The number of amides is 1. The maximum Gasteiger partial charge on any atom is 0.251 e. The van der Waals surface area contributed by atoms with Gasteiger partial charge in [-0.2, -0.15) is 0 Å². The first kappa shape index (κ1) is 15.4. The molecule has 1 unspecified atom stereocenters. The predicted molar refractivity (Wildman–Crippen MR) is 89.1 cm³/mol. The van der Waals surface area contributed by atoms with Crippen molar-refractivity contribution in [3.05, 3.63) is 59.2 Å². The summed E-state index contributed by atoms with van der Waals surface area (Å²) in [7, 11) is 0. The molecule has 3 rings (SSSR count). The van der Waals surface area contributed by atoms with Gasteiger partial charge in [0.05, 0.1) is 6.04 Å². The van der Waals surface area contributed by atoms with Gasteiger partial charge in [-0.05, 0) is 42.7 Å². The Kier molecular flexibility index (Phi) is 4.51. The molecule has 1 atom stereocenters. The zero-order chi connectivity index (χ0) is 16.2. The summed E-state index contributed by atoms with van der Waals surface area (Å²) >= 11 is 0. The lowest BCUT2D eigenvalue weighted by atomic mass is 9.99. The van der Waals surface area contributed by atoms with E-state index >= 15 is 0 Å².